The second-order valence-electron chi connectivity index (χ2n) is 8.27. The molecule has 0 radical (unpaired) electrons. The van der Waals surface area contributed by atoms with Crippen LogP contribution < -0.4 is 5.32 Å². The Balaban J connectivity index is 1.10. The number of aromatic nitrogens is 2. The van der Waals surface area contributed by atoms with Gasteiger partial charge >= 0.3 is 0 Å². The number of amides is 2. The molecule has 0 aliphatic carbocycles. The highest BCUT2D eigenvalue weighted by Crippen LogP contribution is 2.20. The van der Waals surface area contributed by atoms with E-state index in [2.05, 4.69) is 44.5 Å². The monoisotopic (exact) mass is 491 g/mol. The van der Waals surface area contributed by atoms with Gasteiger partial charge in [0.25, 0.3) is 0 Å². The molecule has 1 saturated heterocycles. The fourth-order valence-electron chi connectivity index (χ4n) is 4.14. The first-order chi connectivity index (χ1) is 16.6. The van der Waals surface area contributed by atoms with Crippen LogP contribution in [0.4, 0.5) is 5.13 Å². The maximum atomic E-state index is 12.8. The molecule has 3 aromatic heterocycles. The minimum absolute atomic E-state index is 0.0771. The van der Waals surface area contributed by atoms with Gasteiger partial charge in [-0.3, -0.25) is 19.5 Å². The molecule has 0 spiro atoms. The quantitative estimate of drug-likeness (QED) is 0.425. The summed E-state index contributed by atoms with van der Waals surface area (Å²) in [6, 6.07) is 14.2. The number of carbonyl (C=O) groups is 2. The van der Waals surface area contributed by atoms with Crippen LogP contribution in [0.25, 0.3) is 10.9 Å². The first kappa shape index (κ1) is 22.6. The molecule has 1 aromatic carbocycles. The van der Waals surface area contributed by atoms with Gasteiger partial charge in [-0.25, -0.2) is 4.98 Å². The van der Waals surface area contributed by atoms with Gasteiger partial charge in [0.1, 0.15) is 0 Å². The van der Waals surface area contributed by atoms with Gasteiger partial charge in [-0.15, -0.1) is 22.7 Å². The van der Waals surface area contributed by atoms with Crippen molar-refractivity contribution in [2.75, 3.05) is 31.5 Å². The number of nitrogens with one attached hydrogen (secondary N) is 1. The fraction of sp³-hybridized carbons (Fsp3) is 0.280. The third-order valence-corrected chi connectivity index (χ3v) is 7.56. The normalized spacial score (nSPS) is 14.4. The third kappa shape index (κ3) is 5.49. The summed E-state index contributed by atoms with van der Waals surface area (Å²) in [5, 5.41) is 8.33. The van der Waals surface area contributed by atoms with Crippen molar-refractivity contribution in [3.8, 4) is 0 Å². The highest BCUT2D eigenvalue weighted by Gasteiger charge is 2.22. The van der Waals surface area contributed by atoms with Crippen molar-refractivity contribution in [3.05, 3.63) is 75.6 Å². The van der Waals surface area contributed by atoms with E-state index in [0.29, 0.717) is 30.3 Å². The Labute approximate surface area is 206 Å². The van der Waals surface area contributed by atoms with Crippen LogP contribution in [0.1, 0.15) is 16.1 Å². The Morgan fingerprint density at radius 3 is 2.65 bits per heavy atom. The lowest BCUT2D eigenvalue weighted by Crippen LogP contribution is -2.48. The molecular formula is C25H25N5O2S2. The predicted octanol–water partition coefficient (Wildman–Crippen LogP) is 3.82. The minimum Gasteiger partial charge on any atom is -0.340 e. The van der Waals surface area contributed by atoms with Gasteiger partial charge in [-0.05, 0) is 23.1 Å². The highest BCUT2D eigenvalue weighted by molar-refractivity contribution is 7.14. The molecular weight excluding hydrogens is 466 g/mol. The number of benzene rings is 1. The van der Waals surface area contributed by atoms with Gasteiger partial charge in [0.15, 0.2) is 5.13 Å². The maximum Gasteiger partial charge on any atom is 0.231 e. The number of hydrogen-bond acceptors (Lipinski definition) is 7. The standard InChI is InChI=1S/C25H25N5O2S2/c31-22(15-21-7-3-13-33-21)28-25-27-20(17-34-25)14-23(32)30-11-9-29(10-12-30)16-19-5-1-4-18-6-2-8-26-24(18)19/h1-8,13,17H,9-12,14-16H2,(H,27,28,31). The fourth-order valence-corrected chi connectivity index (χ4v) is 5.57. The van der Waals surface area contributed by atoms with E-state index in [1.165, 1.54) is 16.9 Å². The number of rotatable bonds is 7. The summed E-state index contributed by atoms with van der Waals surface area (Å²) in [7, 11) is 0. The Kier molecular flexibility index (Phi) is 6.94. The molecule has 2 amide bonds. The molecule has 9 heteroatoms. The van der Waals surface area contributed by atoms with Gasteiger partial charge in [0.05, 0.1) is 24.1 Å². The van der Waals surface area contributed by atoms with E-state index in [-0.39, 0.29) is 18.2 Å². The summed E-state index contributed by atoms with van der Waals surface area (Å²) >= 11 is 2.91. The SMILES string of the molecule is O=C(Cc1cccs1)Nc1nc(CC(=O)N2CCN(Cc3cccc4cccnc34)CC2)cs1. The smallest absolute Gasteiger partial charge is 0.231 e. The zero-order valence-electron chi connectivity index (χ0n) is 18.6. The molecule has 0 atom stereocenters. The summed E-state index contributed by atoms with van der Waals surface area (Å²) in [5.74, 6) is -0.0135. The van der Waals surface area contributed by atoms with Crippen molar-refractivity contribution in [2.45, 2.75) is 19.4 Å². The zero-order chi connectivity index (χ0) is 23.3. The second-order valence-corrected chi connectivity index (χ2v) is 10.2. The number of nitrogens with zero attached hydrogens (tertiary/aromatic N) is 4. The van der Waals surface area contributed by atoms with Crippen LogP contribution in [0.3, 0.4) is 0 Å². The Bertz CT molecular complexity index is 1270. The van der Waals surface area contributed by atoms with Crippen molar-refractivity contribution in [1.82, 2.24) is 19.8 Å². The lowest BCUT2D eigenvalue weighted by molar-refractivity contribution is -0.132. The number of carbonyl (C=O) groups excluding carboxylic acids is 2. The van der Waals surface area contributed by atoms with Crippen LogP contribution in [0.15, 0.2) is 59.4 Å². The summed E-state index contributed by atoms with van der Waals surface area (Å²) in [6.07, 6.45) is 2.43. The van der Waals surface area contributed by atoms with Gasteiger partial charge in [0, 0.05) is 54.6 Å². The average molecular weight is 492 g/mol. The van der Waals surface area contributed by atoms with Crippen LogP contribution in [0.5, 0.6) is 0 Å². The molecule has 7 nitrogen and oxygen atoms in total. The van der Waals surface area contributed by atoms with Crippen LogP contribution in [0.2, 0.25) is 0 Å². The maximum absolute atomic E-state index is 12.8. The largest absolute Gasteiger partial charge is 0.340 e. The van der Waals surface area contributed by atoms with Gasteiger partial charge in [-0.1, -0.05) is 30.3 Å². The molecule has 1 aliphatic heterocycles. The number of anilines is 1. The number of pyridine rings is 1. The number of hydrogen-bond donors (Lipinski definition) is 1. The number of thiazole rings is 1. The summed E-state index contributed by atoms with van der Waals surface area (Å²) in [4.78, 5) is 39.3. The number of piperazine rings is 1. The van der Waals surface area contributed by atoms with E-state index >= 15 is 0 Å². The van der Waals surface area contributed by atoms with E-state index in [0.717, 1.165) is 35.4 Å². The topological polar surface area (TPSA) is 78.4 Å². The van der Waals surface area contributed by atoms with Crippen molar-refractivity contribution < 1.29 is 9.59 Å². The Morgan fingerprint density at radius 1 is 0.971 bits per heavy atom. The number of fused-ring (bicyclic) bond motifs is 1. The van der Waals surface area contributed by atoms with Crippen LogP contribution in [0, 0.1) is 0 Å². The molecule has 174 valence electrons. The number of thiophene rings is 1. The van der Waals surface area contributed by atoms with Crippen LogP contribution >= 0.6 is 22.7 Å². The van der Waals surface area contributed by atoms with Gasteiger partial charge < -0.3 is 10.2 Å². The van der Waals surface area contributed by atoms with E-state index in [1.807, 2.05) is 40.1 Å². The predicted molar refractivity (Wildman–Crippen MR) is 136 cm³/mol. The summed E-state index contributed by atoms with van der Waals surface area (Å²) in [5.41, 5.74) is 2.96. The summed E-state index contributed by atoms with van der Waals surface area (Å²) < 4.78 is 0. The first-order valence-corrected chi connectivity index (χ1v) is 13.0. The van der Waals surface area contributed by atoms with Crippen LogP contribution in [-0.2, 0) is 29.0 Å². The third-order valence-electron chi connectivity index (χ3n) is 5.88. The molecule has 4 aromatic rings. The van der Waals surface area contributed by atoms with Crippen molar-refractivity contribution >= 4 is 50.5 Å². The molecule has 1 fully saturated rings. The molecule has 1 N–H and O–H groups in total. The molecule has 0 unspecified atom stereocenters. The first-order valence-electron chi connectivity index (χ1n) is 11.2. The van der Waals surface area contributed by atoms with E-state index in [4.69, 9.17) is 0 Å². The Hall–Kier alpha value is -3.14. The van der Waals surface area contributed by atoms with Crippen molar-refractivity contribution in [2.24, 2.45) is 0 Å². The van der Waals surface area contributed by atoms with Gasteiger partial charge in [0.2, 0.25) is 11.8 Å². The zero-order valence-corrected chi connectivity index (χ0v) is 20.3. The van der Waals surface area contributed by atoms with E-state index in [9.17, 15) is 9.59 Å². The molecule has 0 bridgehead atoms. The highest BCUT2D eigenvalue weighted by atomic mass is 32.1. The minimum atomic E-state index is -0.0906. The molecule has 0 saturated carbocycles. The molecule has 34 heavy (non-hydrogen) atoms. The molecule has 1 aliphatic rings. The van der Waals surface area contributed by atoms with Gasteiger partial charge in [-0.2, -0.15) is 0 Å². The van der Waals surface area contributed by atoms with Crippen molar-refractivity contribution in [1.29, 1.82) is 0 Å². The van der Waals surface area contributed by atoms with E-state index < -0.39 is 0 Å². The second kappa shape index (κ2) is 10.4. The summed E-state index contributed by atoms with van der Waals surface area (Å²) in [6.45, 7) is 3.89. The Morgan fingerprint density at radius 2 is 1.82 bits per heavy atom. The van der Waals surface area contributed by atoms with E-state index in [1.54, 1.807) is 11.3 Å². The molecule has 5 rings (SSSR count). The number of para-hydroxylation sites is 1. The van der Waals surface area contributed by atoms with Crippen LogP contribution in [-0.4, -0.2) is 57.8 Å². The lowest BCUT2D eigenvalue weighted by Gasteiger charge is -2.34. The van der Waals surface area contributed by atoms with Crippen molar-refractivity contribution in [3.63, 3.8) is 0 Å². The average Bonchev–Trinajstić information content (AvgIpc) is 3.52. The lowest BCUT2D eigenvalue weighted by atomic mass is 10.1. The molecule has 4 heterocycles.